The number of hydrogen-bond donors (Lipinski definition) is 1. The third kappa shape index (κ3) is 3.61. The lowest BCUT2D eigenvalue weighted by molar-refractivity contribution is -0.138. The first-order valence-electron chi connectivity index (χ1n) is 7.09. The molecule has 21 heavy (non-hydrogen) atoms. The van der Waals surface area contributed by atoms with Crippen molar-refractivity contribution in [1.29, 1.82) is 0 Å². The largest absolute Gasteiger partial charge is 0.478 e. The summed E-state index contributed by atoms with van der Waals surface area (Å²) in [7, 11) is 1.66. The highest BCUT2D eigenvalue weighted by Gasteiger charge is 2.33. The average molecular weight is 291 g/mol. The third-order valence-corrected chi connectivity index (χ3v) is 4.09. The minimum Gasteiger partial charge on any atom is -0.478 e. The molecule has 0 bridgehead atoms. The zero-order valence-electron chi connectivity index (χ0n) is 12.5. The molecule has 0 aliphatic carbocycles. The van der Waals surface area contributed by atoms with Crippen LogP contribution in [0.5, 0.6) is 0 Å². The molecule has 1 amide bonds. The van der Waals surface area contributed by atoms with Gasteiger partial charge in [-0.25, -0.2) is 4.79 Å². The molecular formula is C16H21NO4. The second-order valence-electron chi connectivity index (χ2n) is 5.71. The lowest BCUT2D eigenvalue weighted by Gasteiger charge is -2.39. The molecule has 0 radical (unpaired) electrons. The molecule has 5 nitrogen and oxygen atoms in total. The number of amides is 1. The topological polar surface area (TPSA) is 66.8 Å². The minimum atomic E-state index is -1.00. The van der Waals surface area contributed by atoms with Gasteiger partial charge in [-0.2, -0.15) is 0 Å². The zero-order chi connectivity index (χ0) is 15.5. The molecule has 1 fully saturated rings. The number of nitrogens with zero attached hydrogens (tertiary/aromatic N) is 1. The quantitative estimate of drug-likeness (QED) is 0.921. The number of carbonyl (C=O) groups is 2. The predicted molar refractivity (Wildman–Crippen MR) is 78.3 cm³/mol. The summed E-state index contributed by atoms with van der Waals surface area (Å²) >= 11 is 0. The Balaban J connectivity index is 2.10. The smallest absolute Gasteiger partial charge is 0.335 e. The molecule has 0 spiro atoms. The Morgan fingerprint density at radius 3 is 2.76 bits per heavy atom. The Bertz CT molecular complexity index is 543. The Morgan fingerprint density at radius 1 is 1.38 bits per heavy atom. The number of aromatic carboxylic acids is 1. The molecule has 1 unspecified atom stereocenters. The summed E-state index contributed by atoms with van der Waals surface area (Å²) in [5.41, 5.74) is 0.442. The normalized spacial score (nSPS) is 22.1. The van der Waals surface area contributed by atoms with E-state index in [1.165, 1.54) is 6.07 Å². The summed E-state index contributed by atoms with van der Waals surface area (Å²) in [6.07, 6.45) is 1.94. The lowest BCUT2D eigenvalue weighted by atomic mass is 9.94. The summed E-state index contributed by atoms with van der Waals surface area (Å²) in [5.74, 6) is -1.05. The number of ether oxygens (including phenoxy) is 1. The number of benzene rings is 1. The van der Waals surface area contributed by atoms with Gasteiger partial charge in [-0.05, 0) is 31.4 Å². The molecule has 0 aromatic heterocycles. The van der Waals surface area contributed by atoms with E-state index < -0.39 is 5.97 Å². The Morgan fingerprint density at radius 2 is 2.10 bits per heavy atom. The SMILES string of the molecule is COC1(C)CCCN(C(=O)Cc2ccccc2C(=O)O)C1. The van der Waals surface area contributed by atoms with E-state index >= 15 is 0 Å². The maximum absolute atomic E-state index is 12.4. The van der Waals surface area contributed by atoms with E-state index in [4.69, 9.17) is 9.84 Å². The van der Waals surface area contributed by atoms with Gasteiger partial charge in [0.1, 0.15) is 0 Å². The van der Waals surface area contributed by atoms with E-state index in [0.717, 1.165) is 12.8 Å². The van der Waals surface area contributed by atoms with Crippen LogP contribution in [0.3, 0.4) is 0 Å². The van der Waals surface area contributed by atoms with Crippen LogP contribution < -0.4 is 0 Å². The number of rotatable bonds is 4. The highest BCUT2D eigenvalue weighted by atomic mass is 16.5. The summed E-state index contributed by atoms with van der Waals surface area (Å²) in [5, 5.41) is 9.17. The van der Waals surface area contributed by atoms with Gasteiger partial charge in [0.05, 0.1) is 17.6 Å². The first-order valence-corrected chi connectivity index (χ1v) is 7.09. The molecule has 1 N–H and O–H groups in total. The molecule has 114 valence electrons. The molecule has 2 rings (SSSR count). The van der Waals surface area contributed by atoms with Crippen molar-refractivity contribution in [3.8, 4) is 0 Å². The molecule has 5 heteroatoms. The second-order valence-corrected chi connectivity index (χ2v) is 5.71. The van der Waals surface area contributed by atoms with Gasteiger partial charge in [0, 0.05) is 20.2 Å². The number of carboxylic acid groups (broad SMARTS) is 1. The fraction of sp³-hybridized carbons (Fsp3) is 0.500. The van der Waals surface area contributed by atoms with Gasteiger partial charge < -0.3 is 14.7 Å². The summed E-state index contributed by atoms with van der Waals surface area (Å²) in [6.45, 7) is 3.25. The number of likely N-dealkylation sites (tertiary alicyclic amines) is 1. The molecule has 1 aromatic rings. The van der Waals surface area contributed by atoms with Gasteiger partial charge in [-0.15, -0.1) is 0 Å². The number of carbonyl (C=O) groups excluding carboxylic acids is 1. The van der Waals surface area contributed by atoms with Crippen molar-refractivity contribution in [3.05, 3.63) is 35.4 Å². The van der Waals surface area contributed by atoms with Crippen LogP contribution in [0, 0.1) is 0 Å². The van der Waals surface area contributed by atoms with E-state index in [1.54, 1.807) is 30.2 Å². The van der Waals surface area contributed by atoms with Gasteiger partial charge >= 0.3 is 5.97 Å². The van der Waals surface area contributed by atoms with Gasteiger partial charge in [-0.3, -0.25) is 4.79 Å². The average Bonchev–Trinajstić information content (AvgIpc) is 2.47. The highest BCUT2D eigenvalue weighted by Crippen LogP contribution is 2.24. The number of piperidine rings is 1. The Kier molecular flexibility index (Phi) is 4.63. The molecule has 1 aromatic carbocycles. The highest BCUT2D eigenvalue weighted by molar-refractivity contribution is 5.91. The summed E-state index contributed by atoms with van der Waals surface area (Å²) < 4.78 is 5.48. The Labute approximate surface area is 124 Å². The van der Waals surface area contributed by atoms with Crippen LogP contribution >= 0.6 is 0 Å². The molecule has 0 saturated carbocycles. The van der Waals surface area contributed by atoms with Crippen LogP contribution in [0.1, 0.15) is 35.7 Å². The van der Waals surface area contributed by atoms with E-state index in [-0.39, 0.29) is 23.5 Å². The standard InChI is InChI=1S/C16H21NO4/c1-16(21-2)8-5-9-17(11-16)14(18)10-12-6-3-4-7-13(12)15(19)20/h3-4,6-7H,5,8-11H2,1-2H3,(H,19,20). The van der Waals surface area contributed by atoms with Crippen molar-refractivity contribution in [1.82, 2.24) is 4.90 Å². The van der Waals surface area contributed by atoms with Crippen molar-refractivity contribution in [2.45, 2.75) is 31.8 Å². The van der Waals surface area contributed by atoms with Crippen LogP contribution in [-0.4, -0.2) is 47.7 Å². The van der Waals surface area contributed by atoms with Gasteiger partial charge in [0.25, 0.3) is 0 Å². The number of carboxylic acids is 1. The van der Waals surface area contributed by atoms with Gasteiger partial charge in [-0.1, -0.05) is 18.2 Å². The van der Waals surface area contributed by atoms with Gasteiger partial charge in [0.2, 0.25) is 5.91 Å². The minimum absolute atomic E-state index is 0.0494. The van der Waals surface area contributed by atoms with Crippen molar-refractivity contribution in [3.63, 3.8) is 0 Å². The molecule has 1 aliphatic rings. The van der Waals surface area contributed by atoms with Crippen molar-refractivity contribution >= 4 is 11.9 Å². The fourth-order valence-corrected chi connectivity index (χ4v) is 2.74. The molecule has 1 atom stereocenters. The van der Waals surface area contributed by atoms with Crippen LogP contribution in [0.2, 0.25) is 0 Å². The van der Waals surface area contributed by atoms with Crippen LogP contribution in [0.15, 0.2) is 24.3 Å². The van der Waals surface area contributed by atoms with Crippen LogP contribution in [-0.2, 0) is 16.0 Å². The molecule has 1 saturated heterocycles. The molecular weight excluding hydrogens is 270 g/mol. The molecule has 1 aliphatic heterocycles. The summed E-state index contributed by atoms with van der Waals surface area (Å²) in [4.78, 5) is 25.4. The first kappa shape index (κ1) is 15.5. The first-order chi connectivity index (χ1) is 9.95. The second kappa shape index (κ2) is 6.26. The van der Waals surface area contributed by atoms with E-state index in [2.05, 4.69) is 0 Å². The van der Waals surface area contributed by atoms with Crippen LogP contribution in [0.4, 0.5) is 0 Å². The summed E-state index contributed by atoms with van der Waals surface area (Å²) in [6, 6.07) is 6.64. The Hall–Kier alpha value is -1.88. The van der Waals surface area contributed by atoms with E-state index in [9.17, 15) is 9.59 Å². The zero-order valence-corrected chi connectivity index (χ0v) is 12.5. The van der Waals surface area contributed by atoms with Gasteiger partial charge in [0.15, 0.2) is 0 Å². The van der Waals surface area contributed by atoms with Crippen molar-refractivity contribution in [2.24, 2.45) is 0 Å². The van der Waals surface area contributed by atoms with E-state index in [0.29, 0.717) is 18.7 Å². The van der Waals surface area contributed by atoms with Crippen molar-refractivity contribution < 1.29 is 19.4 Å². The molecule has 1 heterocycles. The van der Waals surface area contributed by atoms with E-state index in [1.807, 2.05) is 6.92 Å². The number of methoxy groups -OCH3 is 1. The van der Waals surface area contributed by atoms with Crippen LogP contribution in [0.25, 0.3) is 0 Å². The monoisotopic (exact) mass is 291 g/mol. The maximum atomic E-state index is 12.4. The lowest BCUT2D eigenvalue weighted by Crippen LogP contribution is -2.50. The maximum Gasteiger partial charge on any atom is 0.335 e. The van der Waals surface area contributed by atoms with Crippen molar-refractivity contribution in [2.75, 3.05) is 20.2 Å². The fourth-order valence-electron chi connectivity index (χ4n) is 2.74. The number of hydrogen-bond acceptors (Lipinski definition) is 3. The predicted octanol–water partition coefficient (Wildman–Crippen LogP) is 1.95. The third-order valence-electron chi connectivity index (χ3n) is 4.09.